The Kier molecular flexibility index (Phi) is 3.15. The maximum absolute atomic E-state index is 9.19. The van der Waals surface area contributed by atoms with E-state index in [1.54, 1.807) is 6.92 Å². The first kappa shape index (κ1) is 8.92. The molecule has 0 aliphatic heterocycles. The third kappa shape index (κ3) is 1.95. The topological polar surface area (TPSA) is 46.2 Å². The van der Waals surface area contributed by atoms with Crippen LogP contribution in [0.4, 0.5) is 0 Å². The second kappa shape index (κ2) is 3.18. The molecule has 0 spiro atoms. The average Bonchev–Trinajstić information content (AvgIpc) is 1.86. The molecular formula is C7H17NO. The molecule has 0 aromatic heterocycles. The predicted molar refractivity (Wildman–Crippen MR) is 39.1 cm³/mol. The third-order valence-corrected chi connectivity index (χ3v) is 2.28. The highest BCUT2D eigenvalue weighted by molar-refractivity contribution is 4.78. The quantitative estimate of drug-likeness (QED) is 0.593. The van der Waals surface area contributed by atoms with Gasteiger partial charge in [0.2, 0.25) is 0 Å². The number of nitrogens with two attached hydrogens (primary N) is 1. The minimum absolute atomic E-state index is 0.0833. The van der Waals surface area contributed by atoms with Crippen molar-refractivity contribution in [2.75, 3.05) is 6.54 Å². The van der Waals surface area contributed by atoms with E-state index in [0.29, 0.717) is 6.54 Å². The normalized spacial score (nSPS) is 21.0. The highest BCUT2D eigenvalue weighted by Crippen LogP contribution is 2.23. The Balaban J connectivity index is 3.92. The second-order valence-electron chi connectivity index (χ2n) is 2.89. The van der Waals surface area contributed by atoms with Crippen LogP contribution in [-0.4, -0.2) is 17.8 Å². The standard InChI is InChI=1S/C7H17NO/c1-4-7(3,5-8)6(2)9/h6,9H,4-5,8H2,1-3H3/t6-,7-/m1/s1. The molecule has 3 N–H and O–H groups in total. The highest BCUT2D eigenvalue weighted by atomic mass is 16.3. The fraction of sp³-hybridized carbons (Fsp3) is 1.00. The first-order valence-corrected chi connectivity index (χ1v) is 3.45. The number of hydrogen-bond acceptors (Lipinski definition) is 2. The van der Waals surface area contributed by atoms with Gasteiger partial charge in [-0.05, 0) is 13.3 Å². The van der Waals surface area contributed by atoms with Crippen LogP contribution in [0.25, 0.3) is 0 Å². The highest BCUT2D eigenvalue weighted by Gasteiger charge is 2.25. The summed E-state index contributed by atoms with van der Waals surface area (Å²) in [5.74, 6) is 0. The molecule has 0 aromatic rings. The molecule has 0 aliphatic rings. The van der Waals surface area contributed by atoms with Crippen molar-refractivity contribution < 1.29 is 5.11 Å². The number of aliphatic hydroxyl groups is 1. The lowest BCUT2D eigenvalue weighted by Crippen LogP contribution is -2.36. The summed E-state index contributed by atoms with van der Waals surface area (Å²) in [6, 6.07) is 0. The molecule has 2 heteroatoms. The lowest BCUT2D eigenvalue weighted by Gasteiger charge is -2.29. The first-order valence-electron chi connectivity index (χ1n) is 3.45. The summed E-state index contributed by atoms with van der Waals surface area (Å²) in [6.07, 6.45) is 0.633. The summed E-state index contributed by atoms with van der Waals surface area (Å²) < 4.78 is 0. The molecule has 2 atom stereocenters. The monoisotopic (exact) mass is 131 g/mol. The van der Waals surface area contributed by atoms with Gasteiger partial charge in [-0.3, -0.25) is 0 Å². The molecule has 0 fully saturated rings. The third-order valence-electron chi connectivity index (χ3n) is 2.28. The van der Waals surface area contributed by atoms with Crippen LogP contribution < -0.4 is 5.73 Å². The molecule has 0 amide bonds. The van der Waals surface area contributed by atoms with E-state index in [0.717, 1.165) is 6.42 Å². The maximum Gasteiger partial charge on any atom is 0.0577 e. The summed E-state index contributed by atoms with van der Waals surface area (Å²) in [6.45, 7) is 6.38. The number of aliphatic hydroxyl groups excluding tert-OH is 1. The van der Waals surface area contributed by atoms with Gasteiger partial charge < -0.3 is 10.8 Å². The van der Waals surface area contributed by atoms with Crippen molar-refractivity contribution in [3.63, 3.8) is 0 Å². The van der Waals surface area contributed by atoms with Gasteiger partial charge in [0, 0.05) is 12.0 Å². The van der Waals surface area contributed by atoms with Gasteiger partial charge in [-0.2, -0.15) is 0 Å². The van der Waals surface area contributed by atoms with Crippen molar-refractivity contribution in [2.24, 2.45) is 11.1 Å². The van der Waals surface area contributed by atoms with E-state index < -0.39 is 0 Å². The Morgan fingerprint density at radius 2 is 2.11 bits per heavy atom. The van der Waals surface area contributed by atoms with E-state index in [2.05, 4.69) is 0 Å². The van der Waals surface area contributed by atoms with E-state index in [1.807, 2.05) is 13.8 Å². The van der Waals surface area contributed by atoms with Gasteiger partial charge in [0.25, 0.3) is 0 Å². The van der Waals surface area contributed by atoms with Crippen molar-refractivity contribution in [3.8, 4) is 0 Å². The van der Waals surface area contributed by atoms with Gasteiger partial charge in [-0.15, -0.1) is 0 Å². The number of hydrogen-bond donors (Lipinski definition) is 2. The summed E-state index contributed by atoms with van der Waals surface area (Å²) in [5, 5.41) is 9.19. The van der Waals surface area contributed by atoms with E-state index in [1.165, 1.54) is 0 Å². The lowest BCUT2D eigenvalue weighted by atomic mass is 9.83. The molecule has 0 saturated carbocycles. The summed E-state index contributed by atoms with van der Waals surface area (Å²) in [5.41, 5.74) is 5.38. The fourth-order valence-electron chi connectivity index (χ4n) is 0.610. The van der Waals surface area contributed by atoms with Crippen LogP contribution in [0.2, 0.25) is 0 Å². The van der Waals surface area contributed by atoms with E-state index in [9.17, 15) is 5.11 Å². The minimum Gasteiger partial charge on any atom is -0.393 e. The Labute approximate surface area is 57.1 Å². The van der Waals surface area contributed by atoms with E-state index in [-0.39, 0.29) is 11.5 Å². The SMILES string of the molecule is CC[C@](C)(CN)[C@@H](C)O. The Morgan fingerprint density at radius 3 is 2.11 bits per heavy atom. The molecular weight excluding hydrogens is 114 g/mol. The molecule has 0 aromatic carbocycles. The van der Waals surface area contributed by atoms with Crippen LogP contribution in [0.5, 0.6) is 0 Å². The van der Waals surface area contributed by atoms with Crippen molar-refractivity contribution >= 4 is 0 Å². The predicted octanol–water partition coefficient (Wildman–Crippen LogP) is 0.742. The zero-order chi connectivity index (χ0) is 7.49. The van der Waals surface area contributed by atoms with Gasteiger partial charge in [-0.25, -0.2) is 0 Å². The summed E-state index contributed by atoms with van der Waals surface area (Å²) >= 11 is 0. The number of rotatable bonds is 3. The van der Waals surface area contributed by atoms with Gasteiger partial charge >= 0.3 is 0 Å². The molecule has 0 heterocycles. The van der Waals surface area contributed by atoms with Gasteiger partial charge in [0.1, 0.15) is 0 Å². The minimum atomic E-state index is -0.299. The first-order chi connectivity index (χ1) is 4.06. The van der Waals surface area contributed by atoms with Crippen molar-refractivity contribution in [2.45, 2.75) is 33.3 Å². The fourth-order valence-corrected chi connectivity index (χ4v) is 0.610. The largest absolute Gasteiger partial charge is 0.393 e. The van der Waals surface area contributed by atoms with Crippen LogP contribution in [0.15, 0.2) is 0 Å². The van der Waals surface area contributed by atoms with Crippen LogP contribution in [0.3, 0.4) is 0 Å². The molecule has 9 heavy (non-hydrogen) atoms. The van der Waals surface area contributed by atoms with Crippen molar-refractivity contribution in [1.29, 1.82) is 0 Å². The second-order valence-corrected chi connectivity index (χ2v) is 2.89. The Hall–Kier alpha value is -0.0800. The maximum atomic E-state index is 9.19. The van der Waals surface area contributed by atoms with E-state index >= 15 is 0 Å². The molecule has 0 aliphatic carbocycles. The lowest BCUT2D eigenvalue weighted by molar-refractivity contribution is 0.0559. The van der Waals surface area contributed by atoms with Crippen LogP contribution in [-0.2, 0) is 0 Å². The molecule has 2 nitrogen and oxygen atoms in total. The van der Waals surface area contributed by atoms with Crippen molar-refractivity contribution in [1.82, 2.24) is 0 Å². The van der Waals surface area contributed by atoms with Gasteiger partial charge in [0.05, 0.1) is 6.10 Å². The molecule has 0 rings (SSSR count). The molecule has 0 radical (unpaired) electrons. The van der Waals surface area contributed by atoms with E-state index in [4.69, 9.17) is 5.73 Å². The Bertz CT molecular complexity index is 77.0. The van der Waals surface area contributed by atoms with Crippen LogP contribution >= 0.6 is 0 Å². The molecule has 0 bridgehead atoms. The summed E-state index contributed by atoms with van der Waals surface area (Å²) in [4.78, 5) is 0. The average molecular weight is 131 g/mol. The zero-order valence-electron chi connectivity index (χ0n) is 6.52. The smallest absolute Gasteiger partial charge is 0.0577 e. The van der Waals surface area contributed by atoms with Crippen LogP contribution in [0.1, 0.15) is 27.2 Å². The summed E-state index contributed by atoms with van der Waals surface area (Å²) in [7, 11) is 0. The van der Waals surface area contributed by atoms with Gasteiger partial charge in [-0.1, -0.05) is 13.8 Å². The van der Waals surface area contributed by atoms with Crippen LogP contribution in [0, 0.1) is 5.41 Å². The molecule has 0 saturated heterocycles. The van der Waals surface area contributed by atoms with Crippen molar-refractivity contribution in [3.05, 3.63) is 0 Å². The van der Waals surface area contributed by atoms with Gasteiger partial charge in [0.15, 0.2) is 0 Å². The Morgan fingerprint density at radius 1 is 1.67 bits per heavy atom. The molecule has 56 valence electrons. The molecule has 0 unspecified atom stereocenters. The zero-order valence-corrected chi connectivity index (χ0v) is 6.52.